The van der Waals surface area contributed by atoms with Crippen molar-refractivity contribution in [3.8, 4) is 5.75 Å². The summed E-state index contributed by atoms with van der Waals surface area (Å²) < 4.78 is 6.59. The predicted molar refractivity (Wildman–Crippen MR) is 107 cm³/mol. The van der Waals surface area contributed by atoms with Crippen molar-refractivity contribution in [1.29, 1.82) is 0 Å². The van der Waals surface area contributed by atoms with E-state index < -0.39 is 0 Å². The average molecular weight is 387 g/mol. The fraction of sp³-hybridized carbons (Fsp3) is 0.778. The Morgan fingerprint density at radius 1 is 0.724 bits per heavy atom. The van der Waals surface area contributed by atoms with Crippen molar-refractivity contribution in [2.75, 3.05) is 6.61 Å². The number of ether oxygens (including phenoxy) is 1. The molecule has 10 rings (SSSR count). The number of rotatable bonds is 3. The van der Waals surface area contributed by atoms with Crippen LogP contribution in [0.5, 0.6) is 5.75 Å². The number of hydrogen-bond acceptors (Lipinski definition) is 2. The molecule has 0 heterocycles. The predicted octanol–water partition coefficient (Wildman–Crippen LogP) is 3.95. The number of hydrogen-bond donors (Lipinski definition) is 1. The number of fused-ring (bicyclic) bond motifs is 4. The lowest BCUT2D eigenvalue weighted by atomic mass is 9.63. The molecule has 17 atom stereocenters. The Labute approximate surface area is 172 Å². The third-order valence-corrected chi connectivity index (χ3v) is 13.5. The first-order valence-corrected chi connectivity index (χ1v) is 12.7. The summed E-state index contributed by atoms with van der Waals surface area (Å²) in [5.74, 6) is 15.4. The summed E-state index contributed by atoms with van der Waals surface area (Å²) >= 11 is 0. The highest BCUT2D eigenvalue weighted by atomic mass is 16.5. The topological polar surface area (TPSA) is 29.5 Å². The van der Waals surface area contributed by atoms with Crippen molar-refractivity contribution in [2.45, 2.75) is 25.4 Å². The molecular weight excluding hydrogens is 356 g/mol. The van der Waals surface area contributed by atoms with Gasteiger partial charge in [-0.05, 0) is 120 Å². The molecular formula is C27H30O2. The number of benzene rings is 1. The summed E-state index contributed by atoms with van der Waals surface area (Å²) in [6.07, 6.45) is 4.30. The Morgan fingerprint density at radius 2 is 1.45 bits per heavy atom. The maximum Gasteiger partial charge on any atom is 0.119 e. The molecule has 9 fully saturated rings. The van der Waals surface area contributed by atoms with E-state index in [1.807, 2.05) is 0 Å². The second-order valence-electron chi connectivity index (χ2n) is 12.9. The van der Waals surface area contributed by atoms with Gasteiger partial charge in [-0.2, -0.15) is 0 Å². The van der Waals surface area contributed by atoms with Crippen LogP contribution in [0.4, 0.5) is 0 Å². The van der Waals surface area contributed by atoms with Gasteiger partial charge in [-0.25, -0.2) is 0 Å². The molecule has 0 radical (unpaired) electrons. The molecule has 1 aromatic rings. The van der Waals surface area contributed by atoms with Gasteiger partial charge in [-0.1, -0.05) is 18.2 Å². The lowest BCUT2D eigenvalue weighted by Gasteiger charge is -2.44. The summed E-state index contributed by atoms with van der Waals surface area (Å²) in [4.78, 5) is 0. The standard InChI is InChI=1S/C27H30O2/c28-26-14-8-13-16-11-6-7-12-15(11)20-19(16)21-17(13)18(14)25-23(21)22(20)24(12)27(25,26)9-29-10-4-2-1-3-5-10/h1-5,11-26,28H,6-9H2/t11-,12?,13-,14+,15+,16?,17-,18?,19+,20?,21?,22?,23?,24+,25-,26-,27-/m0/s1. The minimum absolute atomic E-state index is 0.0835. The summed E-state index contributed by atoms with van der Waals surface area (Å²) in [6.45, 7) is 0.798. The number of para-hydroxylation sites is 1. The molecule has 0 spiro atoms. The van der Waals surface area contributed by atoms with Gasteiger partial charge in [0.15, 0.2) is 0 Å². The summed E-state index contributed by atoms with van der Waals surface area (Å²) in [6, 6.07) is 10.5. The molecule has 0 aromatic heterocycles. The summed E-state index contributed by atoms with van der Waals surface area (Å²) in [5, 5.41) is 12.1. The van der Waals surface area contributed by atoms with Crippen molar-refractivity contribution in [1.82, 2.24) is 0 Å². The quantitative estimate of drug-likeness (QED) is 0.852. The van der Waals surface area contributed by atoms with Crippen LogP contribution < -0.4 is 4.74 Å². The fourth-order valence-corrected chi connectivity index (χ4v) is 14.2. The van der Waals surface area contributed by atoms with Gasteiger partial charge < -0.3 is 9.84 Å². The van der Waals surface area contributed by atoms with Crippen LogP contribution in [0.3, 0.4) is 0 Å². The molecule has 0 bridgehead atoms. The first kappa shape index (κ1) is 14.9. The summed E-state index contributed by atoms with van der Waals surface area (Å²) in [5.41, 5.74) is 0.0835. The van der Waals surface area contributed by atoms with Crippen molar-refractivity contribution in [2.24, 2.45) is 94.2 Å². The highest BCUT2D eigenvalue weighted by molar-refractivity contribution is 5.39. The molecule has 29 heavy (non-hydrogen) atoms. The van der Waals surface area contributed by atoms with E-state index in [2.05, 4.69) is 30.3 Å². The second-order valence-corrected chi connectivity index (χ2v) is 12.9. The maximum atomic E-state index is 12.1. The van der Waals surface area contributed by atoms with E-state index in [1.165, 1.54) is 19.3 Å². The average Bonchev–Trinajstić information content (AvgIpc) is 3.52. The van der Waals surface area contributed by atoms with E-state index in [-0.39, 0.29) is 11.5 Å². The highest BCUT2D eigenvalue weighted by Gasteiger charge is 2.92. The molecule has 9 aliphatic rings. The van der Waals surface area contributed by atoms with Gasteiger partial charge >= 0.3 is 0 Å². The highest BCUT2D eigenvalue weighted by Crippen LogP contribution is 2.93. The van der Waals surface area contributed by atoms with Crippen LogP contribution in [-0.2, 0) is 0 Å². The second kappa shape index (κ2) is 4.18. The van der Waals surface area contributed by atoms with E-state index in [0.717, 1.165) is 95.2 Å². The van der Waals surface area contributed by atoms with E-state index in [9.17, 15) is 5.11 Å². The fourth-order valence-electron chi connectivity index (χ4n) is 14.2. The van der Waals surface area contributed by atoms with Crippen LogP contribution in [-0.4, -0.2) is 17.8 Å². The Balaban J connectivity index is 1.21. The van der Waals surface area contributed by atoms with Gasteiger partial charge in [0, 0.05) is 5.41 Å². The molecule has 0 amide bonds. The molecule has 1 aromatic carbocycles. The molecule has 0 saturated heterocycles. The zero-order chi connectivity index (χ0) is 18.4. The Morgan fingerprint density at radius 3 is 2.34 bits per heavy atom. The normalized spacial score (nSPS) is 71.5. The van der Waals surface area contributed by atoms with Crippen molar-refractivity contribution < 1.29 is 9.84 Å². The smallest absolute Gasteiger partial charge is 0.119 e. The van der Waals surface area contributed by atoms with Gasteiger partial charge in [-0.3, -0.25) is 0 Å². The van der Waals surface area contributed by atoms with E-state index in [4.69, 9.17) is 4.74 Å². The zero-order valence-corrected chi connectivity index (χ0v) is 16.8. The largest absolute Gasteiger partial charge is 0.493 e. The first-order valence-electron chi connectivity index (χ1n) is 12.7. The molecule has 2 heteroatoms. The minimum Gasteiger partial charge on any atom is -0.493 e. The minimum atomic E-state index is -0.0842. The van der Waals surface area contributed by atoms with E-state index >= 15 is 0 Å². The van der Waals surface area contributed by atoms with Crippen molar-refractivity contribution >= 4 is 0 Å². The van der Waals surface area contributed by atoms with Crippen LogP contribution in [0.2, 0.25) is 0 Å². The molecule has 9 saturated carbocycles. The summed E-state index contributed by atoms with van der Waals surface area (Å²) in [7, 11) is 0. The van der Waals surface area contributed by atoms with Crippen LogP contribution in [0.1, 0.15) is 19.3 Å². The van der Waals surface area contributed by atoms with Crippen LogP contribution >= 0.6 is 0 Å². The molecule has 150 valence electrons. The lowest BCUT2D eigenvalue weighted by molar-refractivity contribution is -0.0733. The molecule has 0 aliphatic heterocycles. The Bertz CT molecular complexity index is 953. The third-order valence-electron chi connectivity index (χ3n) is 13.5. The zero-order valence-electron chi connectivity index (χ0n) is 16.8. The third kappa shape index (κ3) is 1.17. The van der Waals surface area contributed by atoms with Gasteiger partial charge in [0.25, 0.3) is 0 Å². The number of aliphatic hydroxyl groups is 1. The Kier molecular flexibility index (Phi) is 2.15. The van der Waals surface area contributed by atoms with Crippen LogP contribution in [0.25, 0.3) is 0 Å². The van der Waals surface area contributed by atoms with Gasteiger partial charge in [0.2, 0.25) is 0 Å². The molecule has 7 unspecified atom stereocenters. The molecule has 1 N–H and O–H groups in total. The monoisotopic (exact) mass is 386 g/mol. The maximum absolute atomic E-state index is 12.1. The molecule has 2 nitrogen and oxygen atoms in total. The van der Waals surface area contributed by atoms with E-state index in [0.29, 0.717) is 5.92 Å². The Hall–Kier alpha value is -1.02. The lowest BCUT2D eigenvalue weighted by Crippen LogP contribution is -2.49. The van der Waals surface area contributed by atoms with Crippen molar-refractivity contribution in [3.63, 3.8) is 0 Å². The molecule has 9 aliphatic carbocycles. The van der Waals surface area contributed by atoms with Gasteiger partial charge in [0.1, 0.15) is 5.75 Å². The van der Waals surface area contributed by atoms with Crippen LogP contribution in [0, 0.1) is 94.2 Å². The number of aliphatic hydroxyl groups excluding tert-OH is 1. The van der Waals surface area contributed by atoms with Gasteiger partial charge in [0.05, 0.1) is 12.7 Å². The van der Waals surface area contributed by atoms with Gasteiger partial charge in [-0.15, -0.1) is 0 Å². The van der Waals surface area contributed by atoms with E-state index in [1.54, 1.807) is 0 Å². The van der Waals surface area contributed by atoms with Crippen LogP contribution in [0.15, 0.2) is 30.3 Å². The van der Waals surface area contributed by atoms with Crippen molar-refractivity contribution in [3.05, 3.63) is 30.3 Å². The SMILES string of the molecule is O[C@H]1[C@@H]2C[C@H]3C4[C@@H]5C6C7C8C5[C@@H]3C2[C@@H]8[C@]1(COc1ccccc1)[C@@H]7C1CC[C@H]4[C@@H]61. The first-order chi connectivity index (χ1) is 14.3.